The van der Waals surface area contributed by atoms with Gasteiger partial charge in [-0.25, -0.2) is 18.1 Å². The first-order valence-electron chi connectivity index (χ1n) is 7.94. The summed E-state index contributed by atoms with van der Waals surface area (Å²) in [7, 11) is -4.40. The molecule has 0 spiro atoms. The third-order valence-electron chi connectivity index (χ3n) is 3.37. The van der Waals surface area contributed by atoms with Crippen LogP contribution in [0.2, 0.25) is 4.34 Å². The molecule has 0 radical (unpaired) electrons. The predicted molar refractivity (Wildman–Crippen MR) is 98.4 cm³/mol. The zero-order valence-electron chi connectivity index (χ0n) is 14.5. The zero-order chi connectivity index (χ0) is 20.9. The van der Waals surface area contributed by atoms with Crippen LogP contribution in [0.1, 0.15) is 17.5 Å². The van der Waals surface area contributed by atoms with E-state index in [1.54, 1.807) is 6.92 Å². The highest BCUT2D eigenvalue weighted by molar-refractivity contribution is 7.89. The number of nitrogens with one attached hydrogen (secondary N) is 1. The lowest BCUT2D eigenvalue weighted by molar-refractivity contribution is -0.121. The molecule has 1 heterocycles. The molecule has 0 saturated carbocycles. The van der Waals surface area contributed by atoms with Crippen molar-refractivity contribution in [2.24, 2.45) is 0 Å². The molecule has 0 amide bonds. The van der Waals surface area contributed by atoms with Crippen LogP contribution in [-0.2, 0) is 27.7 Å². The van der Waals surface area contributed by atoms with E-state index in [2.05, 4.69) is 4.98 Å². The summed E-state index contributed by atoms with van der Waals surface area (Å²) in [6.07, 6.45) is -3.45. The molecule has 0 unspecified atom stereocenters. The first-order chi connectivity index (χ1) is 13.0. The van der Waals surface area contributed by atoms with Gasteiger partial charge in [-0.05, 0) is 25.1 Å². The van der Waals surface area contributed by atoms with E-state index in [4.69, 9.17) is 16.3 Å². The Labute approximate surface area is 168 Å². The molecule has 0 bridgehead atoms. The van der Waals surface area contributed by atoms with Crippen molar-refractivity contribution in [2.45, 2.75) is 30.8 Å². The van der Waals surface area contributed by atoms with Gasteiger partial charge in [-0.2, -0.15) is 13.2 Å². The minimum absolute atomic E-state index is 0.00769. The van der Waals surface area contributed by atoms with Gasteiger partial charge in [0.25, 0.3) is 0 Å². The fraction of sp³-hybridized carbons (Fsp3) is 0.375. The maximum atomic E-state index is 12.3. The Morgan fingerprint density at radius 1 is 1.32 bits per heavy atom. The molecule has 12 heteroatoms. The predicted octanol–water partition coefficient (Wildman–Crippen LogP) is 3.39. The van der Waals surface area contributed by atoms with E-state index < -0.39 is 22.7 Å². The second kappa shape index (κ2) is 9.21. The number of thiazole rings is 1. The van der Waals surface area contributed by atoms with Crippen molar-refractivity contribution in [1.82, 2.24) is 9.71 Å². The molecule has 0 aliphatic heterocycles. The third-order valence-corrected chi connectivity index (χ3v) is 5.88. The number of ether oxygens (including phenoxy) is 1. The lowest BCUT2D eigenvalue weighted by atomic mass is 10.1. The van der Waals surface area contributed by atoms with E-state index >= 15 is 0 Å². The molecule has 1 aromatic heterocycles. The summed E-state index contributed by atoms with van der Waals surface area (Å²) in [6, 6.07) is 3.57. The lowest BCUT2D eigenvalue weighted by Crippen LogP contribution is -2.33. The number of carbonyl (C=O) groups excluding carboxylic acids is 1. The van der Waals surface area contributed by atoms with Crippen LogP contribution in [-0.4, -0.2) is 38.5 Å². The average Bonchev–Trinajstić information content (AvgIpc) is 2.99. The van der Waals surface area contributed by atoms with Crippen LogP contribution in [0.3, 0.4) is 0 Å². The van der Waals surface area contributed by atoms with Crippen LogP contribution in [0, 0.1) is 0 Å². The molecular weight excluding hydrogens is 441 g/mol. The molecule has 1 N–H and O–H groups in total. The summed E-state index contributed by atoms with van der Waals surface area (Å²) < 4.78 is 68.5. The molecule has 1 aromatic carbocycles. The average molecular weight is 457 g/mol. The van der Waals surface area contributed by atoms with E-state index in [0.717, 1.165) is 23.5 Å². The minimum atomic E-state index is -4.69. The van der Waals surface area contributed by atoms with Crippen LogP contribution < -0.4 is 9.46 Å². The lowest BCUT2D eigenvalue weighted by Gasteiger charge is -2.13. The maximum absolute atomic E-state index is 12.3. The Morgan fingerprint density at radius 2 is 2.04 bits per heavy atom. The second-order valence-electron chi connectivity index (χ2n) is 5.59. The Kier molecular flexibility index (Phi) is 7.43. The highest BCUT2D eigenvalue weighted by Gasteiger charge is 2.30. The van der Waals surface area contributed by atoms with Gasteiger partial charge in [0, 0.05) is 12.0 Å². The van der Waals surface area contributed by atoms with Crippen molar-refractivity contribution in [3.8, 4) is 5.75 Å². The summed E-state index contributed by atoms with van der Waals surface area (Å²) in [4.78, 5) is 15.9. The fourth-order valence-electron chi connectivity index (χ4n) is 2.23. The van der Waals surface area contributed by atoms with Gasteiger partial charge in [-0.3, -0.25) is 4.79 Å². The van der Waals surface area contributed by atoms with E-state index in [-0.39, 0.29) is 41.4 Å². The highest BCUT2D eigenvalue weighted by atomic mass is 35.5. The van der Waals surface area contributed by atoms with Gasteiger partial charge in [0.05, 0.1) is 24.1 Å². The van der Waals surface area contributed by atoms with Gasteiger partial charge in [-0.1, -0.05) is 11.6 Å². The highest BCUT2D eigenvalue weighted by Crippen LogP contribution is 2.25. The van der Waals surface area contributed by atoms with E-state index in [9.17, 15) is 26.4 Å². The molecule has 0 saturated heterocycles. The van der Waals surface area contributed by atoms with Crippen molar-refractivity contribution < 1.29 is 31.1 Å². The van der Waals surface area contributed by atoms with Crippen molar-refractivity contribution in [1.29, 1.82) is 0 Å². The number of Topliss-reactive ketones (excluding diaryl/α,β-unsaturated/α-hetero) is 1. The molecule has 28 heavy (non-hydrogen) atoms. The summed E-state index contributed by atoms with van der Waals surface area (Å²) >= 11 is 6.92. The number of ketones is 1. The first-order valence-corrected chi connectivity index (χ1v) is 10.6. The normalized spacial score (nSPS) is 12.2. The molecule has 0 fully saturated rings. The molecule has 0 atom stereocenters. The van der Waals surface area contributed by atoms with E-state index in [0.29, 0.717) is 9.34 Å². The smallest absolute Gasteiger partial charge is 0.402 e. The van der Waals surface area contributed by atoms with Gasteiger partial charge in [-0.15, -0.1) is 11.3 Å². The number of hydrogen-bond acceptors (Lipinski definition) is 6. The molecule has 6 nitrogen and oxygen atoms in total. The number of aromatic nitrogens is 1. The SMILES string of the molecule is CCOc1ccc(S(=O)(=O)NCC(F)(F)F)cc1CC(=O)Cc1ncc(Cl)s1. The van der Waals surface area contributed by atoms with Crippen LogP contribution in [0.5, 0.6) is 5.75 Å². The molecule has 0 aliphatic carbocycles. The number of sulfonamides is 1. The number of benzene rings is 1. The van der Waals surface area contributed by atoms with Crippen molar-refractivity contribution in [2.75, 3.05) is 13.2 Å². The Morgan fingerprint density at radius 3 is 2.61 bits per heavy atom. The molecule has 2 aromatic rings. The summed E-state index contributed by atoms with van der Waals surface area (Å²) in [5.74, 6) is 0.00700. The fourth-order valence-corrected chi connectivity index (χ4v) is 4.28. The number of alkyl halides is 3. The second-order valence-corrected chi connectivity index (χ2v) is 9.11. The van der Waals surface area contributed by atoms with Crippen LogP contribution in [0.25, 0.3) is 0 Å². The van der Waals surface area contributed by atoms with Crippen molar-refractivity contribution in [3.05, 3.63) is 39.3 Å². The number of nitrogens with zero attached hydrogens (tertiary/aromatic N) is 1. The van der Waals surface area contributed by atoms with Gasteiger partial charge >= 0.3 is 6.18 Å². The molecule has 0 aliphatic rings. The minimum Gasteiger partial charge on any atom is -0.494 e. The van der Waals surface area contributed by atoms with Gasteiger partial charge in [0.2, 0.25) is 10.0 Å². The number of rotatable bonds is 9. The largest absolute Gasteiger partial charge is 0.494 e. The van der Waals surface area contributed by atoms with Gasteiger partial charge in [0.15, 0.2) is 0 Å². The first kappa shape index (κ1) is 22.6. The standard InChI is InChI=1S/C16H16ClF3N2O4S2/c1-2-26-13-4-3-12(28(24,25)22-9-16(18,19)20)6-10(13)5-11(23)7-15-21-8-14(17)27-15/h3-4,6,8,22H,2,5,7,9H2,1H3. The monoisotopic (exact) mass is 456 g/mol. The maximum Gasteiger partial charge on any atom is 0.402 e. The van der Waals surface area contributed by atoms with E-state index in [1.165, 1.54) is 17.0 Å². The number of carbonyl (C=O) groups is 1. The Balaban J connectivity index is 2.23. The summed E-state index contributed by atoms with van der Waals surface area (Å²) in [6.45, 7) is 0.280. The van der Waals surface area contributed by atoms with Gasteiger partial charge < -0.3 is 4.74 Å². The van der Waals surface area contributed by atoms with Crippen LogP contribution in [0.4, 0.5) is 13.2 Å². The van der Waals surface area contributed by atoms with Crippen molar-refractivity contribution in [3.63, 3.8) is 0 Å². The van der Waals surface area contributed by atoms with Gasteiger partial charge in [0.1, 0.15) is 27.4 Å². The molecule has 2 rings (SSSR count). The van der Waals surface area contributed by atoms with E-state index in [1.807, 2.05) is 0 Å². The number of hydrogen-bond donors (Lipinski definition) is 1. The summed E-state index contributed by atoms with van der Waals surface area (Å²) in [5, 5.41) is 0.503. The third kappa shape index (κ3) is 6.73. The number of halogens is 4. The quantitative estimate of drug-likeness (QED) is 0.625. The summed E-state index contributed by atoms with van der Waals surface area (Å²) in [5.41, 5.74) is 0.254. The van der Waals surface area contributed by atoms with Crippen LogP contribution >= 0.6 is 22.9 Å². The Bertz CT molecular complexity index is 946. The zero-order valence-corrected chi connectivity index (χ0v) is 16.9. The Hall–Kier alpha value is -1.69. The topological polar surface area (TPSA) is 85.4 Å². The van der Waals surface area contributed by atoms with Crippen LogP contribution in [0.15, 0.2) is 29.3 Å². The molecule has 154 valence electrons. The molecular formula is C16H16ClF3N2O4S2. The van der Waals surface area contributed by atoms with Crippen molar-refractivity contribution >= 4 is 38.7 Å².